The van der Waals surface area contributed by atoms with Crippen LogP contribution in [0, 0.1) is 0 Å². The van der Waals surface area contributed by atoms with Gasteiger partial charge >= 0.3 is 0 Å². The van der Waals surface area contributed by atoms with Crippen LogP contribution in [-0.4, -0.2) is 48.7 Å². The smallest absolute Gasteiger partial charge is 0.251 e. The molecule has 0 saturated carbocycles. The Kier molecular flexibility index (Phi) is 6.28. The largest absolute Gasteiger partial charge is 0.491 e. The molecule has 31 heavy (non-hydrogen) atoms. The summed E-state index contributed by atoms with van der Waals surface area (Å²) < 4.78 is 12.6. The maximum atomic E-state index is 12.5. The molecule has 1 amide bonds. The fraction of sp³-hybridized carbons (Fsp3) is 0.174. The molecule has 0 aliphatic carbocycles. The first-order chi connectivity index (χ1) is 15.1. The van der Waals surface area contributed by atoms with Crippen LogP contribution in [0.25, 0.3) is 16.9 Å². The van der Waals surface area contributed by atoms with Crippen LogP contribution in [-0.2, 0) is 11.3 Å². The number of ether oxygens (including phenoxy) is 2. The van der Waals surface area contributed by atoms with Crippen molar-refractivity contribution in [2.75, 3.05) is 20.3 Å². The zero-order valence-electron chi connectivity index (χ0n) is 17.1. The van der Waals surface area contributed by atoms with E-state index < -0.39 is 0 Å². The molecule has 0 spiro atoms. The van der Waals surface area contributed by atoms with Crippen molar-refractivity contribution in [3.63, 3.8) is 0 Å². The molecule has 2 aromatic heterocycles. The highest BCUT2D eigenvalue weighted by atomic mass is 16.5. The number of hydrogen-bond acceptors (Lipinski definition) is 5. The van der Waals surface area contributed by atoms with E-state index in [1.165, 1.54) is 0 Å². The highest BCUT2D eigenvalue weighted by Gasteiger charge is 2.11. The number of methoxy groups -OCH3 is 1. The van der Waals surface area contributed by atoms with Crippen LogP contribution in [0.5, 0.6) is 5.75 Å². The van der Waals surface area contributed by atoms with Gasteiger partial charge in [-0.3, -0.25) is 4.79 Å². The van der Waals surface area contributed by atoms with Crippen molar-refractivity contribution in [2.45, 2.75) is 6.54 Å². The number of benzene rings is 2. The summed E-state index contributed by atoms with van der Waals surface area (Å²) in [6.07, 6.45) is 3.57. The van der Waals surface area contributed by atoms with Crippen molar-refractivity contribution in [1.29, 1.82) is 0 Å². The fourth-order valence-electron chi connectivity index (χ4n) is 3.17. The number of amides is 1. The van der Waals surface area contributed by atoms with Crippen molar-refractivity contribution >= 4 is 24.9 Å². The number of nitrogens with one attached hydrogen (secondary N) is 1. The van der Waals surface area contributed by atoms with Gasteiger partial charge in [0.25, 0.3) is 5.91 Å². The molecule has 2 heterocycles. The highest BCUT2D eigenvalue weighted by Crippen LogP contribution is 2.26. The maximum absolute atomic E-state index is 12.5. The lowest BCUT2D eigenvalue weighted by Gasteiger charge is -2.11. The number of fused-ring (bicyclic) bond motifs is 1. The second-order valence-electron chi connectivity index (χ2n) is 6.97. The van der Waals surface area contributed by atoms with Crippen molar-refractivity contribution in [2.24, 2.45) is 0 Å². The molecule has 154 valence electrons. The van der Waals surface area contributed by atoms with Gasteiger partial charge in [-0.15, -0.1) is 0 Å². The third-order valence-corrected chi connectivity index (χ3v) is 4.66. The topological polar surface area (TPSA) is 77.8 Å². The van der Waals surface area contributed by atoms with Gasteiger partial charge in [0.2, 0.25) is 0 Å². The molecule has 0 unspecified atom stereocenters. The van der Waals surface area contributed by atoms with Crippen molar-refractivity contribution < 1.29 is 14.3 Å². The Morgan fingerprint density at radius 3 is 2.84 bits per heavy atom. The second kappa shape index (κ2) is 9.44. The van der Waals surface area contributed by atoms with Crippen LogP contribution in [0.1, 0.15) is 15.9 Å². The molecule has 1 N–H and O–H groups in total. The molecule has 0 aliphatic heterocycles. The minimum atomic E-state index is -0.198. The lowest BCUT2D eigenvalue weighted by atomic mass is 9.94. The quantitative estimate of drug-likeness (QED) is 0.355. The van der Waals surface area contributed by atoms with Crippen molar-refractivity contribution in [3.8, 4) is 17.0 Å². The van der Waals surface area contributed by atoms with Crippen LogP contribution in [0.15, 0.2) is 67.0 Å². The molecule has 4 rings (SSSR count). The normalized spacial score (nSPS) is 10.9. The zero-order chi connectivity index (χ0) is 21.6. The third kappa shape index (κ3) is 5.10. The van der Waals surface area contributed by atoms with Crippen LogP contribution >= 0.6 is 0 Å². The fourth-order valence-corrected chi connectivity index (χ4v) is 3.17. The number of rotatable bonds is 8. The van der Waals surface area contributed by atoms with Gasteiger partial charge in [0.15, 0.2) is 5.65 Å². The van der Waals surface area contributed by atoms with E-state index in [9.17, 15) is 4.79 Å². The van der Waals surface area contributed by atoms with E-state index in [0.29, 0.717) is 36.5 Å². The summed E-state index contributed by atoms with van der Waals surface area (Å²) in [4.78, 5) is 17.1. The third-order valence-electron chi connectivity index (χ3n) is 4.66. The Labute approximate surface area is 181 Å². The van der Waals surface area contributed by atoms with Gasteiger partial charge in [-0.25, -0.2) is 9.50 Å². The molecule has 8 heteroatoms. The Balaban J connectivity index is 1.59. The Morgan fingerprint density at radius 2 is 2.03 bits per heavy atom. The Morgan fingerprint density at radius 1 is 1.13 bits per heavy atom. The van der Waals surface area contributed by atoms with Gasteiger partial charge < -0.3 is 14.8 Å². The predicted molar refractivity (Wildman–Crippen MR) is 119 cm³/mol. The van der Waals surface area contributed by atoms with Gasteiger partial charge in [0.05, 0.1) is 18.5 Å². The van der Waals surface area contributed by atoms with Crippen LogP contribution < -0.4 is 15.5 Å². The SMILES string of the molecule is [B]c1cccc(C(=O)NCc2cc(OCCOC)cc(-c3cn4ncccc4n3)c2)c1. The Hall–Kier alpha value is -3.65. The lowest BCUT2D eigenvalue weighted by molar-refractivity contribution is 0.0951. The van der Waals surface area contributed by atoms with Crippen LogP contribution in [0.4, 0.5) is 0 Å². The molecule has 0 atom stereocenters. The van der Waals surface area contributed by atoms with E-state index in [-0.39, 0.29) is 5.91 Å². The molecule has 0 aliphatic rings. The molecule has 7 nitrogen and oxygen atoms in total. The van der Waals surface area contributed by atoms with Gasteiger partial charge in [-0.05, 0) is 42.0 Å². The molecule has 4 aromatic rings. The summed E-state index contributed by atoms with van der Waals surface area (Å²) in [5.74, 6) is 0.476. The monoisotopic (exact) mass is 412 g/mol. The standard InChI is InChI=1S/C23H21BN4O3/c1-30-8-9-31-20-11-16(14-25-23(29)17-4-2-5-19(24)12-17)10-18(13-20)21-15-28-22(27-21)6-3-7-26-28/h2-7,10-13,15H,8-9,14H2,1H3,(H,25,29). The van der Waals surface area contributed by atoms with Crippen molar-refractivity contribution in [1.82, 2.24) is 19.9 Å². The van der Waals surface area contributed by atoms with E-state index in [2.05, 4.69) is 15.4 Å². The molecule has 0 fully saturated rings. The van der Waals surface area contributed by atoms with E-state index >= 15 is 0 Å². The average molecular weight is 412 g/mol. The first kappa shape index (κ1) is 20.6. The number of hydrogen-bond donors (Lipinski definition) is 1. The highest BCUT2D eigenvalue weighted by molar-refractivity contribution is 6.32. The summed E-state index contributed by atoms with van der Waals surface area (Å²) in [7, 11) is 7.40. The van der Waals surface area contributed by atoms with Crippen molar-refractivity contribution in [3.05, 3.63) is 78.1 Å². The molecule has 0 saturated heterocycles. The minimum absolute atomic E-state index is 0.198. The van der Waals surface area contributed by atoms with E-state index in [1.807, 2.05) is 36.5 Å². The zero-order valence-corrected chi connectivity index (χ0v) is 17.1. The van der Waals surface area contributed by atoms with E-state index in [0.717, 1.165) is 22.5 Å². The summed E-state index contributed by atoms with van der Waals surface area (Å²) in [6, 6.07) is 16.4. The average Bonchev–Trinajstić information content (AvgIpc) is 3.22. The number of aromatic nitrogens is 3. The Bertz CT molecular complexity index is 1180. The first-order valence-corrected chi connectivity index (χ1v) is 9.82. The number of nitrogens with zero attached hydrogens (tertiary/aromatic N) is 3. The molecule has 2 aromatic carbocycles. The molecular formula is C23H21BN4O3. The lowest BCUT2D eigenvalue weighted by Crippen LogP contribution is -2.24. The second-order valence-corrected chi connectivity index (χ2v) is 6.97. The first-order valence-electron chi connectivity index (χ1n) is 9.82. The predicted octanol–water partition coefficient (Wildman–Crippen LogP) is 2.15. The van der Waals surface area contributed by atoms with Gasteiger partial charge in [0.1, 0.15) is 20.2 Å². The summed E-state index contributed by atoms with van der Waals surface area (Å²) in [5, 5.41) is 7.20. The summed E-state index contributed by atoms with van der Waals surface area (Å²) in [5.41, 5.74) is 4.32. The van der Waals surface area contributed by atoms with Crippen LogP contribution in [0.3, 0.4) is 0 Å². The van der Waals surface area contributed by atoms with E-state index in [4.69, 9.17) is 17.3 Å². The molecular weight excluding hydrogens is 391 g/mol. The summed E-state index contributed by atoms with van der Waals surface area (Å²) in [6.45, 7) is 1.22. The minimum Gasteiger partial charge on any atom is -0.491 e. The maximum Gasteiger partial charge on any atom is 0.251 e. The molecule has 2 radical (unpaired) electrons. The molecule has 0 bridgehead atoms. The van der Waals surface area contributed by atoms with Gasteiger partial charge in [-0.1, -0.05) is 23.7 Å². The van der Waals surface area contributed by atoms with Crippen LogP contribution in [0.2, 0.25) is 0 Å². The number of imidazole rings is 1. The van der Waals surface area contributed by atoms with E-state index in [1.54, 1.807) is 42.1 Å². The van der Waals surface area contributed by atoms with Gasteiger partial charge in [0, 0.05) is 31.0 Å². The van der Waals surface area contributed by atoms with Gasteiger partial charge in [-0.2, -0.15) is 5.10 Å². The number of carbonyl (C=O) groups excluding carboxylic acids is 1. The summed E-state index contributed by atoms with van der Waals surface area (Å²) >= 11 is 0. The number of carbonyl (C=O) groups is 1.